The predicted octanol–water partition coefficient (Wildman–Crippen LogP) is 4.38. The van der Waals surface area contributed by atoms with Gasteiger partial charge in [0.1, 0.15) is 0 Å². The van der Waals surface area contributed by atoms with Crippen molar-refractivity contribution < 1.29 is 9.59 Å². The Balaban J connectivity index is 1.59. The van der Waals surface area contributed by atoms with Gasteiger partial charge in [-0.15, -0.1) is 0 Å². The third kappa shape index (κ3) is 4.61. The fraction of sp³-hybridized carbons (Fsp3) is 0.417. The molecule has 1 saturated heterocycles. The van der Waals surface area contributed by atoms with E-state index < -0.39 is 0 Å². The molecule has 1 aliphatic heterocycles. The van der Waals surface area contributed by atoms with Crippen molar-refractivity contribution in [3.63, 3.8) is 0 Å². The van der Waals surface area contributed by atoms with Crippen LogP contribution < -0.4 is 15.5 Å². The van der Waals surface area contributed by atoms with Crippen LogP contribution in [-0.2, 0) is 0 Å². The zero-order chi connectivity index (χ0) is 20.4. The molecular formula is C24H29N3O2. The minimum atomic E-state index is -0.156. The minimum absolute atomic E-state index is 0.0480. The van der Waals surface area contributed by atoms with Crippen LogP contribution in [0, 0.1) is 12.8 Å². The van der Waals surface area contributed by atoms with Crippen molar-refractivity contribution >= 4 is 23.2 Å². The normalized spacial score (nSPS) is 17.1. The summed E-state index contributed by atoms with van der Waals surface area (Å²) in [6, 6.07) is 13.5. The maximum absolute atomic E-state index is 12.9. The Kier molecular flexibility index (Phi) is 5.56. The second kappa shape index (κ2) is 8.27. The Morgan fingerprint density at radius 2 is 1.66 bits per heavy atom. The molecule has 2 amide bonds. The van der Waals surface area contributed by atoms with Gasteiger partial charge in [0.05, 0.1) is 5.56 Å². The van der Waals surface area contributed by atoms with Crippen LogP contribution >= 0.6 is 0 Å². The van der Waals surface area contributed by atoms with E-state index in [2.05, 4.69) is 22.5 Å². The molecule has 2 aliphatic rings. The first-order chi connectivity index (χ1) is 14.0. The molecule has 0 aromatic heterocycles. The van der Waals surface area contributed by atoms with Gasteiger partial charge in [-0.05, 0) is 68.4 Å². The van der Waals surface area contributed by atoms with Crippen molar-refractivity contribution in [2.75, 3.05) is 23.3 Å². The van der Waals surface area contributed by atoms with Crippen LogP contribution in [0.4, 0.5) is 11.4 Å². The zero-order valence-electron chi connectivity index (χ0n) is 17.2. The number of hydrogen-bond donors (Lipinski definition) is 2. The van der Waals surface area contributed by atoms with Crippen molar-refractivity contribution in [1.29, 1.82) is 0 Å². The summed E-state index contributed by atoms with van der Waals surface area (Å²) in [4.78, 5) is 27.9. The molecule has 29 heavy (non-hydrogen) atoms. The van der Waals surface area contributed by atoms with Crippen LogP contribution in [-0.4, -0.2) is 30.9 Å². The van der Waals surface area contributed by atoms with Gasteiger partial charge >= 0.3 is 0 Å². The molecule has 0 bridgehead atoms. The molecule has 2 aromatic carbocycles. The molecule has 0 atom stereocenters. The summed E-state index contributed by atoms with van der Waals surface area (Å²) < 4.78 is 0. The number of amides is 2. The van der Waals surface area contributed by atoms with E-state index in [1.54, 1.807) is 0 Å². The average Bonchev–Trinajstić information content (AvgIpc) is 3.53. The highest BCUT2D eigenvalue weighted by atomic mass is 16.2. The molecule has 1 saturated carbocycles. The van der Waals surface area contributed by atoms with Gasteiger partial charge in [0.15, 0.2) is 0 Å². The fourth-order valence-corrected chi connectivity index (χ4v) is 3.84. The monoisotopic (exact) mass is 391 g/mol. The number of nitrogens with zero attached hydrogens (tertiary/aromatic N) is 1. The number of carbonyl (C=O) groups excluding carboxylic acids is 2. The molecule has 2 N–H and O–H groups in total. The van der Waals surface area contributed by atoms with E-state index in [1.165, 1.54) is 0 Å². The SMILES string of the molecule is Cc1ccccc1C(=O)Nc1ccc(N2CCC(C)CC2)c(C(=O)NC2CC2)c1. The van der Waals surface area contributed by atoms with E-state index in [9.17, 15) is 9.59 Å². The van der Waals surface area contributed by atoms with Crippen LogP contribution in [0.1, 0.15) is 58.9 Å². The lowest BCUT2D eigenvalue weighted by Crippen LogP contribution is -2.35. The Labute approximate surface area is 172 Å². The van der Waals surface area contributed by atoms with Crippen molar-refractivity contribution in [3.8, 4) is 0 Å². The van der Waals surface area contributed by atoms with Crippen molar-refractivity contribution in [2.45, 2.75) is 45.6 Å². The molecule has 1 heterocycles. The van der Waals surface area contributed by atoms with Gasteiger partial charge < -0.3 is 15.5 Å². The summed E-state index contributed by atoms with van der Waals surface area (Å²) in [5.41, 5.74) is 3.83. The second-order valence-electron chi connectivity index (χ2n) is 8.42. The fourth-order valence-electron chi connectivity index (χ4n) is 3.84. The Bertz CT molecular complexity index is 912. The van der Waals surface area contributed by atoms with Crippen molar-refractivity contribution in [2.24, 2.45) is 5.92 Å². The topological polar surface area (TPSA) is 61.4 Å². The summed E-state index contributed by atoms with van der Waals surface area (Å²) >= 11 is 0. The van der Waals surface area contributed by atoms with Crippen LogP contribution in [0.2, 0.25) is 0 Å². The van der Waals surface area contributed by atoms with Gasteiger partial charge in [0.2, 0.25) is 0 Å². The average molecular weight is 392 g/mol. The molecule has 152 valence electrons. The van der Waals surface area contributed by atoms with E-state index in [-0.39, 0.29) is 11.8 Å². The van der Waals surface area contributed by atoms with E-state index in [4.69, 9.17) is 0 Å². The number of anilines is 2. The summed E-state index contributed by atoms with van der Waals surface area (Å²) in [5, 5.41) is 6.06. The molecule has 5 heteroatoms. The number of hydrogen-bond acceptors (Lipinski definition) is 3. The molecular weight excluding hydrogens is 362 g/mol. The lowest BCUT2D eigenvalue weighted by molar-refractivity contribution is 0.0950. The maximum Gasteiger partial charge on any atom is 0.255 e. The van der Waals surface area contributed by atoms with Crippen molar-refractivity contribution in [3.05, 3.63) is 59.2 Å². The molecule has 1 aliphatic carbocycles. The molecule has 5 nitrogen and oxygen atoms in total. The van der Waals surface area contributed by atoms with Gasteiger partial charge in [0.25, 0.3) is 11.8 Å². The first-order valence-electron chi connectivity index (χ1n) is 10.6. The number of nitrogens with one attached hydrogen (secondary N) is 2. The van der Waals surface area contributed by atoms with Crippen molar-refractivity contribution in [1.82, 2.24) is 5.32 Å². The number of rotatable bonds is 5. The second-order valence-corrected chi connectivity index (χ2v) is 8.42. The van der Waals surface area contributed by atoms with Gasteiger partial charge in [-0.3, -0.25) is 9.59 Å². The maximum atomic E-state index is 12.9. The zero-order valence-corrected chi connectivity index (χ0v) is 17.2. The number of piperidine rings is 1. The quantitative estimate of drug-likeness (QED) is 0.795. The summed E-state index contributed by atoms with van der Waals surface area (Å²) in [6.07, 6.45) is 4.36. The van der Waals surface area contributed by atoms with E-state index in [1.807, 2.05) is 49.4 Å². The lowest BCUT2D eigenvalue weighted by Gasteiger charge is -2.33. The molecule has 0 radical (unpaired) electrons. The molecule has 0 unspecified atom stereocenters. The molecule has 0 spiro atoms. The van der Waals surface area contributed by atoms with Crippen LogP contribution in [0.15, 0.2) is 42.5 Å². The number of aryl methyl sites for hydroxylation is 1. The molecule has 2 fully saturated rings. The highest BCUT2D eigenvalue weighted by molar-refractivity contribution is 6.07. The summed E-state index contributed by atoms with van der Waals surface area (Å²) in [6.45, 7) is 6.12. The molecule has 4 rings (SSSR count). The summed E-state index contributed by atoms with van der Waals surface area (Å²) in [5.74, 6) is 0.520. The first-order valence-corrected chi connectivity index (χ1v) is 10.6. The largest absolute Gasteiger partial charge is 0.371 e. The molecule has 2 aromatic rings. The van der Waals surface area contributed by atoms with Crippen LogP contribution in [0.5, 0.6) is 0 Å². The first kappa shape index (κ1) is 19.5. The van der Waals surface area contributed by atoms with Crippen LogP contribution in [0.3, 0.4) is 0 Å². The van der Waals surface area contributed by atoms with Gasteiger partial charge in [-0.2, -0.15) is 0 Å². The number of carbonyl (C=O) groups is 2. The highest BCUT2D eigenvalue weighted by Crippen LogP contribution is 2.30. The Hall–Kier alpha value is -2.82. The van der Waals surface area contributed by atoms with E-state index >= 15 is 0 Å². The van der Waals surface area contributed by atoms with E-state index in [0.29, 0.717) is 22.9 Å². The standard InChI is InChI=1S/C24H29N3O2/c1-16-11-13-27(14-12-16)22-10-9-19(15-21(22)24(29)25-18-7-8-18)26-23(28)20-6-4-3-5-17(20)2/h3-6,9-10,15-16,18H,7-8,11-14H2,1-2H3,(H,25,29)(H,26,28). The number of benzene rings is 2. The van der Waals surface area contributed by atoms with Crippen LogP contribution in [0.25, 0.3) is 0 Å². The third-order valence-electron chi connectivity index (χ3n) is 5.93. The Morgan fingerprint density at radius 1 is 0.931 bits per heavy atom. The van der Waals surface area contributed by atoms with Gasteiger partial charge in [0, 0.05) is 36.1 Å². The minimum Gasteiger partial charge on any atom is -0.371 e. The van der Waals surface area contributed by atoms with Gasteiger partial charge in [-0.1, -0.05) is 25.1 Å². The lowest BCUT2D eigenvalue weighted by atomic mass is 9.97. The Morgan fingerprint density at radius 3 is 2.34 bits per heavy atom. The van der Waals surface area contributed by atoms with E-state index in [0.717, 1.165) is 55.9 Å². The highest BCUT2D eigenvalue weighted by Gasteiger charge is 2.27. The van der Waals surface area contributed by atoms with Gasteiger partial charge in [-0.25, -0.2) is 0 Å². The smallest absolute Gasteiger partial charge is 0.255 e. The third-order valence-corrected chi connectivity index (χ3v) is 5.93. The predicted molar refractivity (Wildman–Crippen MR) is 117 cm³/mol. The summed E-state index contributed by atoms with van der Waals surface area (Å²) in [7, 11) is 0.